The average molecular weight is 779 g/mol. The predicted octanol–water partition coefficient (Wildman–Crippen LogP) is 15.0. The lowest BCUT2D eigenvalue weighted by Gasteiger charge is -2.33. The molecule has 0 aliphatic heterocycles. The van der Waals surface area contributed by atoms with Crippen molar-refractivity contribution >= 4 is 65.7 Å². The van der Waals surface area contributed by atoms with Crippen LogP contribution in [0.15, 0.2) is 203 Å². The van der Waals surface area contributed by atoms with Crippen LogP contribution in [0.5, 0.6) is 0 Å². The van der Waals surface area contributed by atoms with E-state index in [1.54, 1.807) is 0 Å². The van der Waals surface area contributed by atoms with E-state index in [9.17, 15) is 0 Å². The second kappa shape index (κ2) is 11.9. The van der Waals surface area contributed by atoms with Crippen molar-refractivity contribution in [1.29, 1.82) is 0 Å². The van der Waals surface area contributed by atoms with Gasteiger partial charge in [0.1, 0.15) is 11.2 Å². The van der Waals surface area contributed by atoms with Crippen molar-refractivity contribution in [3.8, 4) is 33.4 Å². The summed E-state index contributed by atoms with van der Waals surface area (Å²) in [6.45, 7) is 0. The van der Waals surface area contributed by atoms with Crippen LogP contribution in [0.4, 0.5) is 17.1 Å². The molecule has 9 aromatic carbocycles. The number of furan rings is 1. The molecule has 3 heteroatoms. The zero-order chi connectivity index (χ0) is 37.0. The molecule has 10 aromatic rings. The van der Waals surface area contributed by atoms with Crippen LogP contribution in [0.3, 0.4) is 0 Å². The van der Waals surface area contributed by atoms with Gasteiger partial charge in [-0.3, -0.25) is 0 Å². The largest absolute Gasteiger partial charge is 0.456 e. The van der Waals surface area contributed by atoms with Gasteiger partial charge in [0, 0.05) is 21.1 Å². The molecule has 1 heterocycles. The highest BCUT2D eigenvalue weighted by atomic mass is 79.9. The van der Waals surface area contributed by atoms with Crippen molar-refractivity contribution in [1.82, 2.24) is 0 Å². The summed E-state index contributed by atoms with van der Waals surface area (Å²) in [6.07, 6.45) is 0. The summed E-state index contributed by atoms with van der Waals surface area (Å²) in [4.78, 5) is 2.48. The van der Waals surface area contributed by atoms with E-state index in [0.29, 0.717) is 0 Å². The topological polar surface area (TPSA) is 16.4 Å². The molecule has 1 aromatic heterocycles. The zero-order valence-electron chi connectivity index (χ0n) is 30.2. The minimum absolute atomic E-state index is 0.497. The molecular weight excluding hydrogens is 746 g/mol. The Bertz CT molecular complexity index is 3220. The maximum atomic E-state index is 6.55. The Balaban J connectivity index is 1.22. The smallest absolute Gasteiger partial charge is 0.137 e. The SMILES string of the molecule is Brc1ccc2c(c1)C1(c3ccccc3-2)c2ccccc2-c2ccc(N(c3ccc4ccccc4c3-c3ccccc3)c3cccc4oc5ccccc5c34)cc21. The van der Waals surface area contributed by atoms with Crippen LogP contribution < -0.4 is 4.90 Å². The summed E-state index contributed by atoms with van der Waals surface area (Å²) in [5, 5.41) is 4.60. The van der Waals surface area contributed by atoms with Crippen molar-refractivity contribution < 1.29 is 4.42 Å². The first-order valence-electron chi connectivity index (χ1n) is 19.1. The molecule has 1 spiro atoms. The van der Waals surface area contributed by atoms with Gasteiger partial charge in [-0.15, -0.1) is 0 Å². The Labute approximate surface area is 333 Å². The van der Waals surface area contributed by atoms with Gasteiger partial charge in [0.2, 0.25) is 0 Å². The molecule has 0 saturated heterocycles. The molecule has 1 atom stereocenters. The van der Waals surface area contributed by atoms with Crippen molar-refractivity contribution in [2.75, 3.05) is 4.90 Å². The molecular formula is C53H32BrNO. The van der Waals surface area contributed by atoms with E-state index < -0.39 is 5.41 Å². The Morgan fingerprint density at radius 3 is 1.86 bits per heavy atom. The molecule has 2 aliphatic rings. The van der Waals surface area contributed by atoms with Crippen molar-refractivity contribution in [2.24, 2.45) is 0 Å². The molecule has 56 heavy (non-hydrogen) atoms. The van der Waals surface area contributed by atoms with E-state index in [-0.39, 0.29) is 0 Å². The minimum Gasteiger partial charge on any atom is -0.456 e. The Morgan fingerprint density at radius 2 is 1.05 bits per heavy atom. The van der Waals surface area contributed by atoms with Gasteiger partial charge in [-0.25, -0.2) is 0 Å². The summed E-state index contributed by atoms with van der Waals surface area (Å²) in [5.74, 6) is 0. The van der Waals surface area contributed by atoms with Crippen LogP contribution in [0.25, 0.3) is 66.1 Å². The summed E-state index contributed by atoms with van der Waals surface area (Å²) >= 11 is 3.89. The fraction of sp³-hybridized carbons (Fsp3) is 0.0189. The average Bonchev–Trinajstić information content (AvgIpc) is 3.88. The highest BCUT2D eigenvalue weighted by Gasteiger charge is 2.52. The number of hydrogen-bond donors (Lipinski definition) is 0. The lowest BCUT2D eigenvalue weighted by atomic mass is 9.70. The lowest BCUT2D eigenvalue weighted by molar-refractivity contribution is 0.669. The van der Waals surface area contributed by atoms with Gasteiger partial charge in [-0.05, 0) is 109 Å². The summed E-state index contributed by atoms with van der Waals surface area (Å²) in [6, 6.07) is 71.0. The fourth-order valence-electron chi connectivity index (χ4n) is 9.94. The third kappa shape index (κ3) is 4.26. The second-order valence-electron chi connectivity index (χ2n) is 14.9. The molecule has 12 rings (SSSR count). The number of halogens is 1. The van der Waals surface area contributed by atoms with E-state index in [1.807, 2.05) is 6.07 Å². The molecule has 0 amide bonds. The first-order chi connectivity index (χ1) is 27.7. The number of hydrogen-bond acceptors (Lipinski definition) is 2. The van der Waals surface area contributed by atoms with E-state index in [0.717, 1.165) is 43.5 Å². The van der Waals surface area contributed by atoms with Gasteiger partial charge in [-0.2, -0.15) is 0 Å². The molecule has 0 saturated carbocycles. The number of benzene rings is 9. The molecule has 262 valence electrons. The normalized spacial score (nSPS) is 14.9. The lowest BCUT2D eigenvalue weighted by Crippen LogP contribution is -2.26. The highest BCUT2D eigenvalue weighted by molar-refractivity contribution is 9.10. The Hall–Kier alpha value is -6.68. The highest BCUT2D eigenvalue weighted by Crippen LogP contribution is 2.64. The van der Waals surface area contributed by atoms with E-state index >= 15 is 0 Å². The van der Waals surface area contributed by atoms with E-state index in [4.69, 9.17) is 4.42 Å². The van der Waals surface area contributed by atoms with Crippen LogP contribution in [-0.2, 0) is 5.41 Å². The second-order valence-corrected chi connectivity index (χ2v) is 15.8. The number of fused-ring (bicyclic) bond motifs is 14. The van der Waals surface area contributed by atoms with Crippen molar-refractivity contribution in [3.05, 3.63) is 221 Å². The number of para-hydroxylation sites is 1. The van der Waals surface area contributed by atoms with Gasteiger partial charge in [-0.1, -0.05) is 162 Å². The van der Waals surface area contributed by atoms with Crippen LogP contribution in [-0.4, -0.2) is 0 Å². The standard InChI is InChI=1S/C53H32BrNO/c54-35-26-28-40-38-17-6-9-20-43(38)53(45(40)31-35)44-21-10-7-18-39(44)41-29-27-36(32-46(41)53)55(47-22-12-24-50-52(47)42-19-8-11-23-49(42)56-50)48-30-25-33-13-4-5-16-37(33)51(48)34-14-2-1-3-15-34/h1-32H. The molecule has 2 nitrogen and oxygen atoms in total. The van der Waals surface area contributed by atoms with Gasteiger partial charge in [0.05, 0.1) is 22.2 Å². The molecule has 0 fully saturated rings. The van der Waals surface area contributed by atoms with Crippen LogP contribution >= 0.6 is 15.9 Å². The molecule has 1 unspecified atom stereocenters. The van der Waals surface area contributed by atoms with Crippen molar-refractivity contribution in [3.63, 3.8) is 0 Å². The molecule has 2 aliphatic carbocycles. The third-order valence-corrected chi connectivity index (χ3v) is 12.6. The number of nitrogens with zero attached hydrogens (tertiary/aromatic N) is 1. The van der Waals surface area contributed by atoms with Gasteiger partial charge in [0.15, 0.2) is 0 Å². The minimum atomic E-state index is -0.497. The Morgan fingerprint density at radius 1 is 0.429 bits per heavy atom. The number of rotatable bonds is 4. The van der Waals surface area contributed by atoms with Crippen LogP contribution in [0.2, 0.25) is 0 Å². The quantitative estimate of drug-likeness (QED) is 0.177. The molecule has 0 radical (unpaired) electrons. The van der Waals surface area contributed by atoms with Crippen LogP contribution in [0, 0.1) is 0 Å². The number of anilines is 3. The van der Waals surface area contributed by atoms with Gasteiger partial charge < -0.3 is 9.32 Å². The summed E-state index contributed by atoms with van der Waals surface area (Å²) < 4.78 is 7.63. The van der Waals surface area contributed by atoms with Crippen LogP contribution in [0.1, 0.15) is 22.3 Å². The monoisotopic (exact) mass is 777 g/mol. The first kappa shape index (κ1) is 31.6. The van der Waals surface area contributed by atoms with Gasteiger partial charge >= 0.3 is 0 Å². The first-order valence-corrected chi connectivity index (χ1v) is 19.9. The maximum absolute atomic E-state index is 6.55. The zero-order valence-corrected chi connectivity index (χ0v) is 31.8. The molecule has 0 N–H and O–H groups in total. The third-order valence-electron chi connectivity index (χ3n) is 12.1. The van der Waals surface area contributed by atoms with Gasteiger partial charge in [0.25, 0.3) is 0 Å². The van der Waals surface area contributed by atoms with E-state index in [1.165, 1.54) is 66.4 Å². The summed E-state index contributed by atoms with van der Waals surface area (Å²) in [5.41, 5.74) is 17.2. The van der Waals surface area contributed by atoms with Crippen molar-refractivity contribution in [2.45, 2.75) is 5.41 Å². The molecule has 0 bridgehead atoms. The maximum Gasteiger partial charge on any atom is 0.137 e. The fourth-order valence-corrected chi connectivity index (χ4v) is 10.3. The van der Waals surface area contributed by atoms with E-state index in [2.05, 4.69) is 209 Å². The Kier molecular flexibility index (Phi) is 6.73. The summed E-state index contributed by atoms with van der Waals surface area (Å²) in [7, 11) is 0. The predicted molar refractivity (Wildman–Crippen MR) is 235 cm³/mol.